The van der Waals surface area contributed by atoms with E-state index in [2.05, 4.69) is 34.0 Å². The molecule has 0 saturated carbocycles. The molecule has 1 saturated heterocycles. The standard InChI is InChI=1S/C20H27N5O/c1-3-24(4-2)20-21-12-11-18(23-20)15-22-17-9-7-16(8-10-17)19(26)25-13-5-6-14-25/h7-12,22H,3-6,13-15H2,1-2H3. The van der Waals surface area contributed by atoms with Crippen molar-refractivity contribution in [3.63, 3.8) is 0 Å². The first-order chi connectivity index (χ1) is 12.7. The third-order valence-corrected chi connectivity index (χ3v) is 4.75. The van der Waals surface area contributed by atoms with Gasteiger partial charge in [0, 0.05) is 43.6 Å². The highest BCUT2D eigenvalue weighted by Crippen LogP contribution is 2.16. The maximum Gasteiger partial charge on any atom is 0.253 e. The van der Waals surface area contributed by atoms with Crippen molar-refractivity contribution < 1.29 is 4.79 Å². The second-order valence-corrected chi connectivity index (χ2v) is 6.45. The van der Waals surface area contributed by atoms with Crippen LogP contribution in [0.4, 0.5) is 11.6 Å². The molecular formula is C20H27N5O. The van der Waals surface area contributed by atoms with Crippen molar-refractivity contribution in [2.75, 3.05) is 36.4 Å². The van der Waals surface area contributed by atoms with E-state index in [4.69, 9.17) is 0 Å². The number of carbonyl (C=O) groups excluding carboxylic acids is 1. The molecule has 0 unspecified atom stereocenters. The third-order valence-electron chi connectivity index (χ3n) is 4.75. The zero-order valence-electron chi connectivity index (χ0n) is 15.6. The third kappa shape index (κ3) is 4.31. The SMILES string of the molecule is CCN(CC)c1nccc(CNc2ccc(C(=O)N3CCCC3)cc2)n1. The van der Waals surface area contributed by atoms with Gasteiger partial charge >= 0.3 is 0 Å². The first kappa shape index (κ1) is 18.2. The molecular weight excluding hydrogens is 326 g/mol. The van der Waals surface area contributed by atoms with Crippen molar-refractivity contribution in [1.82, 2.24) is 14.9 Å². The van der Waals surface area contributed by atoms with E-state index in [1.807, 2.05) is 35.2 Å². The first-order valence-electron chi connectivity index (χ1n) is 9.41. The maximum absolute atomic E-state index is 12.4. The molecule has 1 aromatic carbocycles. The summed E-state index contributed by atoms with van der Waals surface area (Å²) < 4.78 is 0. The van der Waals surface area contributed by atoms with E-state index < -0.39 is 0 Å². The summed E-state index contributed by atoms with van der Waals surface area (Å²) in [6.07, 6.45) is 4.02. The number of aromatic nitrogens is 2. The minimum atomic E-state index is 0.133. The van der Waals surface area contributed by atoms with Gasteiger partial charge in [0.05, 0.1) is 12.2 Å². The van der Waals surface area contributed by atoms with Gasteiger partial charge in [-0.3, -0.25) is 4.79 Å². The van der Waals surface area contributed by atoms with E-state index >= 15 is 0 Å². The minimum absolute atomic E-state index is 0.133. The van der Waals surface area contributed by atoms with Gasteiger partial charge in [0.25, 0.3) is 5.91 Å². The molecule has 1 fully saturated rings. The van der Waals surface area contributed by atoms with Crippen molar-refractivity contribution in [2.24, 2.45) is 0 Å². The Hall–Kier alpha value is -2.63. The predicted octanol–water partition coefficient (Wildman–Crippen LogP) is 3.17. The number of carbonyl (C=O) groups is 1. The fraction of sp³-hybridized carbons (Fsp3) is 0.450. The van der Waals surface area contributed by atoms with Crippen LogP contribution in [0.15, 0.2) is 36.5 Å². The van der Waals surface area contributed by atoms with Crippen LogP contribution >= 0.6 is 0 Å². The monoisotopic (exact) mass is 353 g/mol. The molecule has 1 N–H and O–H groups in total. The van der Waals surface area contributed by atoms with Crippen LogP contribution in [-0.4, -0.2) is 47.0 Å². The number of amides is 1. The summed E-state index contributed by atoms with van der Waals surface area (Å²) in [4.78, 5) is 25.4. The number of hydrogen-bond donors (Lipinski definition) is 1. The fourth-order valence-corrected chi connectivity index (χ4v) is 3.17. The average Bonchev–Trinajstić information content (AvgIpc) is 3.22. The predicted molar refractivity (Wildman–Crippen MR) is 104 cm³/mol. The number of benzene rings is 1. The molecule has 1 aliphatic rings. The normalized spacial score (nSPS) is 13.7. The lowest BCUT2D eigenvalue weighted by Crippen LogP contribution is -2.27. The number of nitrogens with one attached hydrogen (secondary N) is 1. The van der Waals surface area contributed by atoms with Crippen molar-refractivity contribution in [3.8, 4) is 0 Å². The molecule has 3 rings (SSSR count). The quantitative estimate of drug-likeness (QED) is 0.828. The molecule has 138 valence electrons. The van der Waals surface area contributed by atoms with Crippen LogP contribution in [0, 0.1) is 0 Å². The number of likely N-dealkylation sites (tertiary alicyclic amines) is 1. The number of nitrogens with zero attached hydrogens (tertiary/aromatic N) is 4. The number of anilines is 2. The molecule has 2 aromatic rings. The van der Waals surface area contributed by atoms with Crippen LogP contribution in [0.2, 0.25) is 0 Å². The number of hydrogen-bond acceptors (Lipinski definition) is 5. The van der Waals surface area contributed by atoms with Crippen molar-refractivity contribution in [2.45, 2.75) is 33.2 Å². The largest absolute Gasteiger partial charge is 0.379 e. The van der Waals surface area contributed by atoms with Gasteiger partial charge in [-0.25, -0.2) is 9.97 Å². The van der Waals surface area contributed by atoms with Gasteiger partial charge < -0.3 is 15.1 Å². The van der Waals surface area contributed by atoms with Crippen LogP contribution in [-0.2, 0) is 6.54 Å². The molecule has 0 bridgehead atoms. The smallest absolute Gasteiger partial charge is 0.253 e. The second kappa shape index (κ2) is 8.65. The Morgan fingerprint density at radius 1 is 1.12 bits per heavy atom. The van der Waals surface area contributed by atoms with E-state index in [-0.39, 0.29) is 5.91 Å². The van der Waals surface area contributed by atoms with Gasteiger partial charge in [-0.05, 0) is 57.0 Å². The van der Waals surface area contributed by atoms with Gasteiger partial charge in [0.2, 0.25) is 5.95 Å². The first-order valence-corrected chi connectivity index (χ1v) is 9.41. The summed E-state index contributed by atoms with van der Waals surface area (Å²) >= 11 is 0. The van der Waals surface area contributed by atoms with Gasteiger partial charge in [-0.2, -0.15) is 0 Å². The van der Waals surface area contributed by atoms with Gasteiger partial charge in [-0.15, -0.1) is 0 Å². The Bertz CT molecular complexity index is 721. The summed E-state index contributed by atoms with van der Waals surface area (Å²) in [5.41, 5.74) is 2.67. The molecule has 26 heavy (non-hydrogen) atoms. The van der Waals surface area contributed by atoms with Crippen LogP contribution in [0.1, 0.15) is 42.7 Å². The summed E-state index contributed by atoms with van der Waals surface area (Å²) in [7, 11) is 0. The summed E-state index contributed by atoms with van der Waals surface area (Å²) in [5.74, 6) is 0.898. The average molecular weight is 353 g/mol. The Balaban J connectivity index is 1.59. The van der Waals surface area contributed by atoms with Crippen LogP contribution in [0.25, 0.3) is 0 Å². The molecule has 0 atom stereocenters. The zero-order chi connectivity index (χ0) is 18.4. The summed E-state index contributed by atoms with van der Waals surface area (Å²) in [5, 5.41) is 3.37. The van der Waals surface area contributed by atoms with Crippen molar-refractivity contribution in [3.05, 3.63) is 47.8 Å². The molecule has 1 amide bonds. The molecule has 1 aliphatic heterocycles. The highest BCUT2D eigenvalue weighted by Gasteiger charge is 2.19. The van der Waals surface area contributed by atoms with E-state index in [9.17, 15) is 4.79 Å². The maximum atomic E-state index is 12.4. The summed E-state index contributed by atoms with van der Waals surface area (Å²) in [6, 6.07) is 9.62. The lowest BCUT2D eigenvalue weighted by atomic mass is 10.2. The molecule has 1 aromatic heterocycles. The lowest BCUT2D eigenvalue weighted by Gasteiger charge is -2.18. The molecule has 0 aliphatic carbocycles. The van der Waals surface area contributed by atoms with Gasteiger partial charge in [0.15, 0.2) is 0 Å². The van der Waals surface area contributed by atoms with Gasteiger partial charge in [-0.1, -0.05) is 0 Å². The van der Waals surface area contributed by atoms with E-state index in [1.54, 1.807) is 6.20 Å². The van der Waals surface area contributed by atoms with Gasteiger partial charge in [0.1, 0.15) is 0 Å². The lowest BCUT2D eigenvalue weighted by molar-refractivity contribution is 0.0793. The minimum Gasteiger partial charge on any atom is -0.379 e. The Labute approximate surface area is 155 Å². The van der Waals surface area contributed by atoms with Crippen molar-refractivity contribution in [1.29, 1.82) is 0 Å². The van der Waals surface area contributed by atoms with Crippen LogP contribution in [0.5, 0.6) is 0 Å². The van der Waals surface area contributed by atoms with E-state index in [0.29, 0.717) is 6.54 Å². The van der Waals surface area contributed by atoms with Crippen LogP contribution < -0.4 is 10.2 Å². The highest BCUT2D eigenvalue weighted by atomic mass is 16.2. The molecule has 6 nitrogen and oxygen atoms in total. The van der Waals surface area contributed by atoms with Crippen molar-refractivity contribution >= 4 is 17.5 Å². The van der Waals surface area contributed by atoms with Crippen LogP contribution in [0.3, 0.4) is 0 Å². The van der Waals surface area contributed by atoms with E-state index in [1.165, 1.54) is 0 Å². The Morgan fingerprint density at radius 3 is 2.46 bits per heavy atom. The number of rotatable bonds is 7. The topological polar surface area (TPSA) is 61.4 Å². The molecule has 6 heteroatoms. The second-order valence-electron chi connectivity index (χ2n) is 6.45. The Morgan fingerprint density at radius 2 is 1.81 bits per heavy atom. The van der Waals surface area contributed by atoms with E-state index in [0.717, 1.165) is 61.9 Å². The fourth-order valence-electron chi connectivity index (χ4n) is 3.17. The molecule has 2 heterocycles. The zero-order valence-corrected chi connectivity index (χ0v) is 15.6. The summed E-state index contributed by atoms with van der Waals surface area (Å²) in [6.45, 7) is 8.35. The molecule has 0 radical (unpaired) electrons. The highest BCUT2D eigenvalue weighted by molar-refractivity contribution is 5.94. The molecule has 0 spiro atoms. The Kier molecular flexibility index (Phi) is 6.04.